The second-order valence-corrected chi connectivity index (χ2v) is 5.28. The van der Waals surface area contributed by atoms with Crippen molar-refractivity contribution in [3.63, 3.8) is 0 Å². The molecule has 0 aliphatic carbocycles. The van der Waals surface area contributed by atoms with Gasteiger partial charge in [0.05, 0.1) is 4.47 Å². The summed E-state index contributed by atoms with van der Waals surface area (Å²) < 4.78 is 19.4. The lowest BCUT2D eigenvalue weighted by Gasteiger charge is -2.24. The van der Waals surface area contributed by atoms with Crippen molar-refractivity contribution >= 4 is 15.9 Å². The third-order valence-corrected chi connectivity index (χ3v) is 4.20. The minimum absolute atomic E-state index is 0.121. The molecule has 3 nitrogen and oxygen atoms in total. The zero-order chi connectivity index (χ0) is 14.3. The minimum Gasteiger partial charge on any atom is -0.465 e. The molecule has 5 heteroatoms. The summed E-state index contributed by atoms with van der Waals surface area (Å²) in [6, 6.07) is 13.4. The normalized spacial score (nSPS) is 23.8. The standard InChI is InChI=1S/C15H9BrFNO2/c16-13-10(17)6-7-11-12(13)14(19)15(8-18,20-11)9-4-2-1-3-5-9/h1-7,14,19H/t14-,15+/m1/s1. The monoisotopic (exact) mass is 333 g/mol. The number of rotatable bonds is 1. The SMILES string of the molecule is N#C[C@@]1(c2ccccc2)Oc2ccc(F)c(Br)c2[C@H]1O. The fourth-order valence-electron chi connectivity index (χ4n) is 2.38. The van der Waals surface area contributed by atoms with Gasteiger partial charge in [0.15, 0.2) is 0 Å². The van der Waals surface area contributed by atoms with Gasteiger partial charge in [0, 0.05) is 11.1 Å². The van der Waals surface area contributed by atoms with E-state index in [0.717, 1.165) is 0 Å². The smallest absolute Gasteiger partial charge is 0.249 e. The maximum Gasteiger partial charge on any atom is 0.249 e. The summed E-state index contributed by atoms with van der Waals surface area (Å²) >= 11 is 3.10. The van der Waals surface area contributed by atoms with Crippen LogP contribution >= 0.6 is 15.9 Å². The molecule has 0 saturated carbocycles. The first-order chi connectivity index (χ1) is 9.60. The van der Waals surface area contributed by atoms with Crippen LogP contribution in [-0.2, 0) is 5.60 Å². The molecule has 1 aliphatic rings. The number of nitrogens with zero attached hydrogens (tertiary/aromatic N) is 1. The number of hydrogen-bond donors (Lipinski definition) is 1. The van der Waals surface area contributed by atoms with Crippen molar-refractivity contribution in [1.82, 2.24) is 0 Å². The number of halogens is 2. The molecule has 0 amide bonds. The highest BCUT2D eigenvalue weighted by Crippen LogP contribution is 2.51. The Kier molecular flexibility index (Phi) is 3.00. The summed E-state index contributed by atoms with van der Waals surface area (Å²) in [4.78, 5) is 0. The first-order valence-corrected chi connectivity index (χ1v) is 6.71. The summed E-state index contributed by atoms with van der Waals surface area (Å²) in [5, 5.41) is 20.0. The van der Waals surface area contributed by atoms with E-state index in [-0.39, 0.29) is 10.0 Å². The molecule has 20 heavy (non-hydrogen) atoms. The average Bonchev–Trinajstić information content (AvgIpc) is 2.78. The van der Waals surface area contributed by atoms with E-state index in [0.29, 0.717) is 11.3 Å². The molecule has 0 bridgehead atoms. The highest BCUT2D eigenvalue weighted by molar-refractivity contribution is 9.10. The van der Waals surface area contributed by atoms with Crippen molar-refractivity contribution in [2.45, 2.75) is 11.7 Å². The highest BCUT2D eigenvalue weighted by Gasteiger charge is 2.51. The van der Waals surface area contributed by atoms with Crippen LogP contribution < -0.4 is 4.74 Å². The number of nitriles is 1. The van der Waals surface area contributed by atoms with Crippen molar-refractivity contribution < 1.29 is 14.2 Å². The number of aliphatic hydroxyl groups excluding tert-OH is 1. The van der Waals surface area contributed by atoms with Crippen LogP contribution in [0, 0.1) is 17.1 Å². The summed E-state index contributed by atoms with van der Waals surface area (Å²) in [6.07, 6.45) is -1.27. The van der Waals surface area contributed by atoms with Gasteiger partial charge in [-0.05, 0) is 28.1 Å². The van der Waals surface area contributed by atoms with Gasteiger partial charge in [0.2, 0.25) is 5.60 Å². The number of fused-ring (bicyclic) bond motifs is 1. The lowest BCUT2D eigenvalue weighted by atomic mass is 9.88. The Hall–Kier alpha value is -1.90. The molecule has 0 fully saturated rings. The molecule has 2 aromatic rings. The quantitative estimate of drug-likeness (QED) is 0.869. The zero-order valence-corrected chi connectivity index (χ0v) is 11.8. The van der Waals surface area contributed by atoms with Gasteiger partial charge in [-0.2, -0.15) is 5.26 Å². The van der Waals surface area contributed by atoms with E-state index in [1.54, 1.807) is 30.3 Å². The minimum atomic E-state index is -1.56. The molecular formula is C15H9BrFNO2. The van der Waals surface area contributed by atoms with Crippen LogP contribution in [0.4, 0.5) is 4.39 Å². The third-order valence-electron chi connectivity index (χ3n) is 3.39. The maximum absolute atomic E-state index is 13.6. The van der Waals surface area contributed by atoms with Gasteiger partial charge in [-0.15, -0.1) is 0 Å². The van der Waals surface area contributed by atoms with Crippen LogP contribution in [0.3, 0.4) is 0 Å². The van der Waals surface area contributed by atoms with Crippen LogP contribution in [0.2, 0.25) is 0 Å². The fraction of sp³-hybridized carbons (Fsp3) is 0.133. The first-order valence-electron chi connectivity index (χ1n) is 5.92. The number of hydrogen-bond acceptors (Lipinski definition) is 3. The van der Waals surface area contributed by atoms with Crippen LogP contribution in [0.1, 0.15) is 17.2 Å². The fourth-order valence-corrected chi connectivity index (χ4v) is 2.92. The van der Waals surface area contributed by atoms with E-state index >= 15 is 0 Å². The van der Waals surface area contributed by atoms with E-state index < -0.39 is 17.5 Å². The first kappa shape index (κ1) is 13.1. The van der Waals surface area contributed by atoms with Crippen LogP contribution in [0.15, 0.2) is 46.9 Å². The molecule has 100 valence electrons. The van der Waals surface area contributed by atoms with Crippen LogP contribution in [0.25, 0.3) is 0 Å². The van der Waals surface area contributed by atoms with Gasteiger partial charge in [0.25, 0.3) is 0 Å². The molecule has 1 heterocycles. The number of benzene rings is 2. The van der Waals surface area contributed by atoms with Crippen molar-refractivity contribution in [3.05, 3.63) is 63.9 Å². The Labute approximate surface area is 123 Å². The molecule has 2 atom stereocenters. The predicted octanol–water partition coefficient (Wildman–Crippen LogP) is 3.43. The zero-order valence-electron chi connectivity index (χ0n) is 10.2. The Balaban J connectivity index is 2.20. The molecule has 0 spiro atoms. The number of aliphatic hydroxyl groups is 1. The van der Waals surface area contributed by atoms with Crippen molar-refractivity contribution in [2.75, 3.05) is 0 Å². The van der Waals surface area contributed by atoms with Crippen LogP contribution in [0.5, 0.6) is 5.75 Å². The predicted molar refractivity (Wildman–Crippen MR) is 73.4 cm³/mol. The molecule has 0 saturated heterocycles. The average molecular weight is 334 g/mol. The molecule has 2 aromatic carbocycles. The van der Waals surface area contributed by atoms with Gasteiger partial charge in [-0.3, -0.25) is 0 Å². The van der Waals surface area contributed by atoms with Crippen molar-refractivity contribution in [1.29, 1.82) is 5.26 Å². The summed E-state index contributed by atoms with van der Waals surface area (Å²) in [5.74, 6) is -0.204. The van der Waals surface area contributed by atoms with Gasteiger partial charge in [0.1, 0.15) is 23.7 Å². The molecule has 3 rings (SSSR count). The van der Waals surface area contributed by atoms with E-state index in [1.165, 1.54) is 12.1 Å². The molecule has 0 unspecified atom stereocenters. The summed E-state index contributed by atoms with van der Waals surface area (Å²) in [5.41, 5.74) is -0.770. The molecular weight excluding hydrogens is 325 g/mol. The van der Waals surface area contributed by atoms with E-state index in [2.05, 4.69) is 15.9 Å². The van der Waals surface area contributed by atoms with Gasteiger partial charge < -0.3 is 9.84 Å². The second-order valence-electron chi connectivity index (χ2n) is 4.49. The van der Waals surface area contributed by atoms with Gasteiger partial charge >= 0.3 is 0 Å². The Morgan fingerprint density at radius 2 is 1.95 bits per heavy atom. The Morgan fingerprint density at radius 1 is 1.25 bits per heavy atom. The van der Waals surface area contributed by atoms with Gasteiger partial charge in [-0.1, -0.05) is 30.3 Å². The molecule has 1 N–H and O–H groups in total. The summed E-state index contributed by atoms with van der Waals surface area (Å²) in [7, 11) is 0. The largest absolute Gasteiger partial charge is 0.465 e. The van der Waals surface area contributed by atoms with E-state index in [4.69, 9.17) is 4.74 Å². The summed E-state index contributed by atoms with van der Waals surface area (Å²) in [6.45, 7) is 0. The van der Waals surface area contributed by atoms with Crippen molar-refractivity contribution in [3.8, 4) is 11.8 Å². The third kappa shape index (κ3) is 1.65. The topological polar surface area (TPSA) is 53.2 Å². The van der Waals surface area contributed by atoms with Crippen molar-refractivity contribution in [2.24, 2.45) is 0 Å². The molecule has 1 aliphatic heterocycles. The van der Waals surface area contributed by atoms with E-state index in [1.807, 2.05) is 6.07 Å². The Morgan fingerprint density at radius 3 is 2.60 bits per heavy atom. The maximum atomic E-state index is 13.6. The van der Waals surface area contributed by atoms with E-state index in [9.17, 15) is 14.8 Å². The molecule has 0 radical (unpaired) electrons. The lowest BCUT2D eigenvalue weighted by Crippen LogP contribution is -2.33. The second kappa shape index (κ2) is 4.58. The van der Waals surface area contributed by atoms with Gasteiger partial charge in [-0.25, -0.2) is 4.39 Å². The Bertz CT molecular complexity index is 714. The lowest BCUT2D eigenvalue weighted by molar-refractivity contribution is 0.0113. The highest BCUT2D eigenvalue weighted by atomic mass is 79.9. The number of ether oxygens (including phenoxy) is 1. The van der Waals surface area contributed by atoms with Crippen LogP contribution in [-0.4, -0.2) is 5.11 Å². The molecule has 0 aromatic heterocycles.